The summed E-state index contributed by atoms with van der Waals surface area (Å²) >= 11 is 0. The lowest BCUT2D eigenvalue weighted by molar-refractivity contribution is 0.0949. The fourth-order valence-electron chi connectivity index (χ4n) is 0.988. The Balaban J connectivity index is 0.000000673. The lowest BCUT2D eigenvalue weighted by atomic mass is 10.2. The zero-order valence-electron chi connectivity index (χ0n) is 9.55. The van der Waals surface area contributed by atoms with Gasteiger partial charge in [0.15, 0.2) is 0 Å². The Hall–Kier alpha value is -1.33. The molecule has 1 rings (SSSR count). The molecule has 0 saturated heterocycles. The van der Waals surface area contributed by atoms with Gasteiger partial charge in [0.05, 0.1) is 0 Å². The van der Waals surface area contributed by atoms with Gasteiger partial charge < -0.3 is 15.4 Å². The number of benzene rings is 1. The van der Waals surface area contributed by atoms with Crippen molar-refractivity contribution in [2.24, 2.45) is 5.92 Å². The fraction of sp³-hybridized carbons (Fsp3) is 0.364. The highest BCUT2D eigenvalue weighted by Gasteiger charge is 2.03. The van der Waals surface area contributed by atoms with E-state index in [9.17, 15) is 4.79 Å². The van der Waals surface area contributed by atoms with Crippen LogP contribution >= 0.6 is 0 Å². The molecule has 0 heterocycles. The van der Waals surface area contributed by atoms with E-state index < -0.39 is 0 Å². The number of hydrogen-bond donors (Lipinski definition) is 3. The summed E-state index contributed by atoms with van der Waals surface area (Å²) in [5.74, 6) is 0.502. The predicted octanol–water partition coefficient (Wildman–Crippen LogP) is 0.578. The monoisotopic (exact) mass is 222 g/mol. The lowest BCUT2D eigenvalue weighted by Gasteiger charge is -2.06. The number of carbonyl (C=O) groups is 1. The van der Waals surface area contributed by atoms with E-state index in [2.05, 4.69) is 19.2 Å². The quantitative estimate of drug-likeness (QED) is 0.655. The molecule has 3 N–H and O–H groups in total. The number of amides is 1. The van der Waals surface area contributed by atoms with Gasteiger partial charge in [-0.1, -0.05) is 32.0 Å². The van der Waals surface area contributed by atoms with Gasteiger partial charge in [0.2, 0.25) is 0 Å². The Morgan fingerprint density at radius 1 is 1.31 bits per heavy atom. The molecular weight excluding hydrogens is 205 g/mol. The van der Waals surface area contributed by atoms with Gasteiger partial charge in [-0.25, -0.2) is 0 Å². The summed E-state index contributed by atoms with van der Waals surface area (Å²) in [7, 11) is 0. The van der Waals surface area contributed by atoms with E-state index in [0.717, 1.165) is 12.1 Å². The molecule has 5 heteroatoms. The van der Waals surface area contributed by atoms with Gasteiger partial charge >= 0.3 is 7.69 Å². The Labute approximate surface area is 96.6 Å². The number of nitrogens with one attached hydrogen (secondary N) is 1. The van der Waals surface area contributed by atoms with Crippen LogP contribution in [-0.2, 0) is 0 Å². The molecule has 0 atom stereocenters. The van der Waals surface area contributed by atoms with Crippen molar-refractivity contribution in [2.75, 3.05) is 6.54 Å². The molecular formula is C11H17BNO3. The van der Waals surface area contributed by atoms with Gasteiger partial charge in [-0.05, 0) is 18.1 Å². The van der Waals surface area contributed by atoms with Crippen LogP contribution in [-0.4, -0.2) is 30.2 Å². The first-order valence-corrected chi connectivity index (χ1v) is 5.05. The molecule has 0 aliphatic carbocycles. The third-order valence-corrected chi connectivity index (χ3v) is 1.71. The van der Waals surface area contributed by atoms with Crippen LogP contribution in [0.2, 0.25) is 0 Å². The maximum absolute atomic E-state index is 11.4. The maximum Gasteiger partial charge on any atom is 0.482 e. The third-order valence-electron chi connectivity index (χ3n) is 1.71. The first-order valence-electron chi connectivity index (χ1n) is 5.05. The second kappa shape index (κ2) is 8.94. The van der Waals surface area contributed by atoms with Crippen molar-refractivity contribution in [1.82, 2.24) is 5.32 Å². The molecule has 16 heavy (non-hydrogen) atoms. The molecule has 0 unspecified atom stereocenters. The van der Waals surface area contributed by atoms with Crippen molar-refractivity contribution >= 4 is 13.6 Å². The van der Waals surface area contributed by atoms with Crippen LogP contribution in [0.15, 0.2) is 30.3 Å². The lowest BCUT2D eigenvalue weighted by Crippen LogP contribution is -2.27. The first kappa shape index (κ1) is 14.7. The molecule has 87 valence electrons. The van der Waals surface area contributed by atoms with E-state index >= 15 is 0 Å². The maximum atomic E-state index is 11.4. The van der Waals surface area contributed by atoms with E-state index in [-0.39, 0.29) is 13.6 Å². The zero-order valence-corrected chi connectivity index (χ0v) is 9.55. The van der Waals surface area contributed by atoms with Crippen LogP contribution in [0.25, 0.3) is 0 Å². The number of carbonyl (C=O) groups excluding carboxylic acids is 1. The first-order chi connectivity index (χ1) is 7.61. The molecule has 1 amide bonds. The van der Waals surface area contributed by atoms with Gasteiger partial charge in [-0.15, -0.1) is 0 Å². The van der Waals surface area contributed by atoms with Crippen molar-refractivity contribution in [2.45, 2.75) is 13.8 Å². The molecule has 0 fully saturated rings. The van der Waals surface area contributed by atoms with Gasteiger partial charge in [-0.3, -0.25) is 4.79 Å². The Bertz CT molecular complexity index is 291. The van der Waals surface area contributed by atoms with Crippen molar-refractivity contribution in [1.29, 1.82) is 0 Å². The molecule has 0 saturated carbocycles. The molecule has 0 aromatic heterocycles. The summed E-state index contributed by atoms with van der Waals surface area (Å²) in [5.41, 5.74) is 0.725. The van der Waals surface area contributed by atoms with Gasteiger partial charge in [-0.2, -0.15) is 0 Å². The third kappa shape index (κ3) is 7.03. The molecule has 0 aliphatic heterocycles. The van der Waals surface area contributed by atoms with Crippen LogP contribution < -0.4 is 5.32 Å². The van der Waals surface area contributed by atoms with Crippen molar-refractivity contribution in [3.63, 3.8) is 0 Å². The van der Waals surface area contributed by atoms with Gasteiger partial charge in [0.1, 0.15) is 0 Å². The van der Waals surface area contributed by atoms with Gasteiger partial charge in [0, 0.05) is 12.1 Å². The highest BCUT2D eigenvalue weighted by molar-refractivity contribution is 6.13. The van der Waals surface area contributed by atoms with E-state index in [4.69, 9.17) is 10.0 Å². The van der Waals surface area contributed by atoms with Gasteiger partial charge in [0.25, 0.3) is 5.91 Å². The SMILES string of the molecule is CC(C)CNC(=O)c1ccccc1.O[B]O. The summed E-state index contributed by atoms with van der Waals surface area (Å²) in [6.45, 7) is 4.88. The van der Waals surface area contributed by atoms with Crippen LogP contribution in [0.5, 0.6) is 0 Å². The minimum Gasteiger partial charge on any atom is -0.429 e. The molecule has 4 nitrogen and oxygen atoms in total. The number of rotatable bonds is 3. The molecule has 0 aliphatic rings. The number of hydrogen-bond acceptors (Lipinski definition) is 3. The van der Waals surface area contributed by atoms with Crippen molar-refractivity contribution in [3.05, 3.63) is 35.9 Å². The van der Waals surface area contributed by atoms with Crippen molar-refractivity contribution < 1.29 is 14.8 Å². The Morgan fingerprint density at radius 2 is 1.81 bits per heavy atom. The molecule has 0 spiro atoms. The van der Waals surface area contributed by atoms with Crippen LogP contribution in [0.4, 0.5) is 0 Å². The van der Waals surface area contributed by atoms with E-state index in [1.807, 2.05) is 30.3 Å². The minimum atomic E-state index is 0. The summed E-state index contributed by atoms with van der Waals surface area (Å²) in [6.07, 6.45) is 0. The van der Waals surface area contributed by atoms with Crippen LogP contribution in [0.1, 0.15) is 24.2 Å². The molecule has 0 bridgehead atoms. The summed E-state index contributed by atoms with van der Waals surface area (Å²) in [6, 6.07) is 9.26. The van der Waals surface area contributed by atoms with Crippen molar-refractivity contribution in [3.8, 4) is 0 Å². The second-order valence-electron chi connectivity index (χ2n) is 3.59. The Kier molecular flexibility index (Phi) is 8.20. The topological polar surface area (TPSA) is 69.6 Å². The summed E-state index contributed by atoms with van der Waals surface area (Å²) in [5, 5.41) is 16.9. The zero-order chi connectivity index (χ0) is 12.4. The summed E-state index contributed by atoms with van der Waals surface area (Å²) in [4.78, 5) is 11.4. The molecule has 1 aromatic carbocycles. The molecule has 1 aromatic rings. The normalized spacial score (nSPS) is 9.06. The second-order valence-corrected chi connectivity index (χ2v) is 3.59. The molecule has 1 radical (unpaired) electrons. The predicted molar refractivity (Wildman–Crippen MR) is 63.8 cm³/mol. The van der Waals surface area contributed by atoms with Crippen LogP contribution in [0.3, 0.4) is 0 Å². The highest BCUT2D eigenvalue weighted by Crippen LogP contribution is 1.98. The standard InChI is InChI=1S/C11H15NO.BH2O2/c1-9(2)8-12-11(13)10-6-4-3-5-7-10;2-1-3/h3-7,9H,8H2,1-2H3,(H,12,13);2-3H. The largest absolute Gasteiger partial charge is 0.482 e. The van der Waals surface area contributed by atoms with E-state index in [0.29, 0.717) is 5.92 Å². The summed E-state index contributed by atoms with van der Waals surface area (Å²) < 4.78 is 0. The average Bonchev–Trinajstić information content (AvgIpc) is 2.28. The minimum absolute atomic E-state index is 0. The van der Waals surface area contributed by atoms with E-state index in [1.165, 1.54) is 0 Å². The van der Waals surface area contributed by atoms with Crippen LogP contribution in [0, 0.1) is 5.92 Å². The average molecular weight is 222 g/mol. The smallest absolute Gasteiger partial charge is 0.429 e. The fourth-order valence-corrected chi connectivity index (χ4v) is 0.988. The Morgan fingerprint density at radius 3 is 2.25 bits per heavy atom. The highest BCUT2D eigenvalue weighted by atomic mass is 16.4. The van der Waals surface area contributed by atoms with E-state index in [1.54, 1.807) is 0 Å².